The van der Waals surface area contributed by atoms with Gasteiger partial charge in [-0.1, -0.05) is 34.2 Å². The highest BCUT2D eigenvalue weighted by Crippen LogP contribution is 2.51. The second-order valence-electron chi connectivity index (χ2n) is 12.1. The maximum Gasteiger partial charge on any atom is 0.311 e. The maximum atomic E-state index is 6.86. The molecular formula is C33H14B2N4O3+2. The van der Waals surface area contributed by atoms with Crippen molar-refractivity contribution in [2.75, 3.05) is 0 Å². The van der Waals surface area contributed by atoms with Gasteiger partial charge in [0.2, 0.25) is 0 Å². The van der Waals surface area contributed by atoms with Crippen molar-refractivity contribution in [1.82, 2.24) is 9.97 Å². The Labute approximate surface area is 238 Å². The Morgan fingerprint density at radius 2 is 0.952 bits per heavy atom. The molecule has 7 aliphatic heterocycles. The monoisotopic (exact) mass is 536 g/mol. The Morgan fingerprint density at radius 1 is 0.500 bits per heavy atom. The lowest BCUT2D eigenvalue weighted by atomic mass is 9.34. The van der Waals surface area contributed by atoms with Crippen LogP contribution in [0.5, 0.6) is 34.5 Å². The summed E-state index contributed by atoms with van der Waals surface area (Å²) in [4.78, 5) is 9.81. The van der Waals surface area contributed by atoms with Crippen LogP contribution < -0.4 is 56.4 Å². The maximum absolute atomic E-state index is 6.86. The lowest BCUT2D eigenvalue weighted by Gasteiger charge is -2.46. The molecule has 7 nitrogen and oxygen atoms in total. The molecule has 0 unspecified atom stereocenters. The highest BCUT2D eigenvalue weighted by Gasteiger charge is 2.69. The fourth-order valence-corrected chi connectivity index (χ4v) is 9.43. The summed E-state index contributed by atoms with van der Waals surface area (Å²) in [5, 5.41) is 0. The number of hydrogen-bond donors (Lipinski definition) is 0. The molecule has 0 aliphatic carbocycles. The van der Waals surface area contributed by atoms with Gasteiger partial charge in [-0.3, -0.25) is 0 Å². The largest absolute Gasteiger partial charge is 0.458 e. The summed E-state index contributed by atoms with van der Waals surface area (Å²) in [6.07, 6.45) is 8.05. The van der Waals surface area contributed by atoms with Gasteiger partial charge in [-0.25, -0.2) is 0 Å². The predicted molar refractivity (Wildman–Crippen MR) is 154 cm³/mol. The predicted octanol–water partition coefficient (Wildman–Crippen LogP) is 0.286. The molecule has 1 spiro atoms. The van der Waals surface area contributed by atoms with Crippen LogP contribution in [0.15, 0.2) is 85.7 Å². The van der Waals surface area contributed by atoms with Gasteiger partial charge in [-0.2, -0.15) is 9.13 Å². The Bertz CT molecular complexity index is 2270. The molecule has 0 atom stereocenters. The summed E-state index contributed by atoms with van der Waals surface area (Å²) >= 11 is 0. The summed E-state index contributed by atoms with van der Waals surface area (Å²) in [5.74, 6) is 5.23. The minimum atomic E-state index is -0.838. The Hall–Kier alpha value is -5.43. The fraction of sp³-hybridized carbons (Fsp3) is 0.0303. The third-order valence-electron chi connectivity index (χ3n) is 10.6. The van der Waals surface area contributed by atoms with Crippen molar-refractivity contribution in [3.63, 3.8) is 0 Å². The molecule has 6 aromatic rings. The standard InChI is InChI=1S/C33H14B2N4O3/c1-3-15-17-11-36-13-38-31(17)34-27(15)21(5-1)41-23-9-7-19-25(29(23)34)33(38)26-20(40-19)8-10-24-30(26)35-28-16(4-2-6-22(28)42-24)18-12-37-14-39(33)32(18)35/h1-14H/q+2. The van der Waals surface area contributed by atoms with Gasteiger partial charge in [-0.15, -0.1) is 0 Å². The van der Waals surface area contributed by atoms with E-state index in [2.05, 4.69) is 69.8 Å². The smallest absolute Gasteiger partial charge is 0.311 e. The van der Waals surface area contributed by atoms with E-state index >= 15 is 0 Å². The second-order valence-corrected chi connectivity index (χ2v) is 12.1. The second kappa shape index (κ2) is 5.81. The summed E-state index contributed by atoms with van der Waals surface area (Å²) in [6, 6.07) is 21.0. The normalized spacial score (nSPS) is 16.8. The first-order valence-corrected chi connectivity index (χ1v) is 14.3. The quantitative estimate of drug-likeness (QED) is 0.206. The third-order valence-corrected chi connectivity index (χ3v) is 10.6. The highest BCUT2D eigenvalue weighted by molar-refractivity contribution is 7.01. The van der Waals surface area contributed by atoms with E-state index < -0.39 is 5.66 Å². The number of aromatic nitrogens is 4. The summed E-state index contributed by atoms with van der Waals surface area (Å²) < 4.78 is 25.1. The molecular weight excluding hydrogens is 522 g/mol. The van der Waals surface area contributed by atoms with Crippen LogP contribution in [0.3, 0.4) is 0 Å². The van der Waals surface area contributed by atoms with Gasteiger partial charge in [0.15, 0.2) is 0 Å². The average molecular weight is 536 g/mol. The molecule has 42 heavy (non-hydrogen) atoms. The average Bonchev–Trinajstić information content (AvgIpc) is 3.56. The van der Waals surface area contributed by atoms with E-state index in [0.717, 1.165) is 67.7 Å². The lowest BCUT2D eigenvalue weighted by molar-refractivity contribution is -0.960. The van der Waals surface area contributed by atoms with E-state index in [9.17, 15) is 0 Å². The van der Waals surface area contributed by atoms with Crippen LogP contribution >= 0.6 is 0 Å². The Morgan fingerprint density at radius 3 is 1.48 bits per heavy atom. The van der Waals surface area contributed by atoms with Crippen molar-refractivity contribution in [3.05, 3.63) is 96.8 Å². The summed E-state index contributed by atoms with van der Waals surface area (Å²) in [7, 11) is 0. The van der Waals surface area contributed by atoms with Gasteiger partial charge in [-0.05, 0) is 69.4 Å². The number of hydrogen-bond acceptors (Lipinski definition) is 5. The van der Waals surface area contributed by atoms with E-state index in [1.165, 1.54) is 33.2 Å². The molecule has 9 heterocycles. The first-order valence-electron chi connectivity index (χ1n) is 14.3. The number of fused-ring (bicyclic) bond motifs is 2. The van der Waals surface area contributed by atoms with Gasteiger partial charge >= 0.3 is 19.1 Å². The zero-order valence-electron chi connectivity index (χ0n) is 21.8. The summed E-state index contributed by atoms with van der Waals surface area (Å²) in [5.41, 5.74) is 13.2. The topological polar surface area (TPSA) is 61.2 Å². The van der Waals surface area contributed by atoms with Crippen molar-refractivity contribution >= 4 is 46.5 Å². The van der Waals surface area contributed by atoms with Crippen LogP contribution in [-0.2, 0) is 5.66 Å². The molecule has 0 radical (unpaired) electrons. The van der Waals surface area contributed by atoms with Crippen LogP contribution in [0.25, 0.3) is 22.3 Å². The van der Waals surface area contributed by atoms with Crippen LogP contribution in [0.1, 0.15) is 11.1 Å². The zero-order chi connectivity index (χ0) is 26.6. The van der Waals surface area contributed by atoms with E-state index in [0.29, 0.717) is 0 Å². The van der Waals surface area contributed by atoms with Gasteiger partial charge in [0.1, 0.15) is 46.9 Å². The molecule has 0 N–H and O–H groups in total. The molecule has 13 rings (SSSR count). The molecule has 0 bridgehead atoms. The molecule has 4 aromatic carbocycles. The van der Waals surface area contributed by atoms with E-state index in [4.69, 9.17) is 24.2 Å². The molecule has 0 saturated carbocycles. The molecule has 2 aromatic heterocycles. The first-order chi connectivity index (χ1) is 20.8. The minimum Gasteiger partial charge on any atom is -0.458 e. The van der Waals surface area contributed by atoms with Crippen LogP contribution in [-0.4, -0.2) is 23.4 Å². The molecule has 7 aliphatic rings. The van der Waals surface area contributed by atoms with Crippen molar-refractivity contribution in [2.24, 2.45) is 0 Å². The minimum absolute atomic E-state index is 0.0197. The van der Waals surface area contributed by atoms with Crippen LogP contribution in [0.2, 0.25) is 0 Å². The third kappa shape index (κ3) is 1.67. The van der Waals surface area contributed by atoms with E-state index in [1.807, 2.05) is 25.0 Å². The SMILES string of the molecule is c1cc2c3c(c1)-c1cnc[n+]4c1B3c1c(ccc3c1C41c4c(ccc5c4B4c6c(cccc6-c6cnc[n+]1c64)O5)O3)O2. The lowest BCUT2D eigenvalue weighted by Crippen LogP contribution is -2.93. The Kier molecular flexibility index (Phi) is 2.71. The van der Waals surface area contributed by atoms with Crippen molar-refractivity contribution in [1.29, 1.82) is 0 Å². The van der Waals surface area contributed by atoms with Gasteiger partial charge in [0, 0.05) is 0 Å². The Balaban J connectivity index is 1.32. The van der Waals surface area contributed by atoms with Crippen LogP contribution in [0.4, 0.5) is 0 Å². The van der Waals surface area contributed by atoms with Crippen molar-refractivity contribution in [3.8, 4) is 56.8 Å². The fourth-order valence-electron chi connectivity index (χ4n) is 9.43. The van der Waals surface area contributed by atoms with Gasteiger partial charge < -0.3 is 14.2 Å². The number of nitrogens with zero attached hydrogens (tertiary/aromatic N) is 4. The van der Waals surface area contributed by atoms with E-state index in [1.54, 1.807) is 0 Å². The van der Waals surface area contributed by atoms with Crippen LogP contribution in [0, 0.1) is 0 Å². The number of rotatable bonds is 0. The molecule has 9 heteroatoms. The molecule has 188 valence electrons. The summed E-state index contributed by atoms with van der Waals surface area (Å²) in [6.45, 7) is 0.0395. The van der Waals surface area contributed by atoms with Crippen molar-refractivity contribution in [2.45, 2.75) is 5.66 Å². The zero-order valence-corrected chi connectivity index (χ0v) is 21.8. The number of benzene rings is 4. The highest BCUT2D eigenvalue weighted by atomic mass is 16.5. The molecule has 0 fully saturated rings. The van der Waals surface area contributed by atoms with E-state index in [-0.39, 0.29) is 13.4 Å². The first kappa shape index (κ1) is 19.6. The molecule has 0 amide bonds. The van der Waals surface area contributed by atoms with Crippen molar-refractivity contribution < 1.29 is 23.3 Å². The van der Waals surface area contributed by atoms with Gasteiger partial charge in [0.05, 0.1) is 33.4 Å². The van der Waals surface area contributed by atoms with Gasteiger partial charge in [0.25, 0.3) is 12.7 Å². The molecule has 0 saturated heterocycles. The number of ether oxygens (including phenoxy) is 3.